The molecule has 5 nitrogen and oxygen atoms in total. The number of rotatable bonds is 3. The van der Waals surface area contributed by atoms with Gasteiger partial charge in [0.2, 0.25) is 10.0 Å². The van der Waals surface area contributed by atoms with Gasteiger partial charge in [0, 0.05) is 13.1 Å². The van der Waals surface area contributed by atoms with Gasteiger partial charge in [0.25, 0.3) is 0 Å². The van der Waals surface area contributed by atoms with E-state index < -0.39 is 15.8 Å². The summed E-state index contributed by atoms with van der Waals surface area (Å²) in [6.07, 6.45) is 0.645. The van der Waals surface area contributed by atoms with Crippen LogP contribution in [0, 0.1) is 12.7 Å². The molecule has 0 N–H and O–H groups in total. The highest BCUT2D eigenvalue weighted by atomic mass is 32.2. The molecule has 0 aliphatic carbocycles. The Morgan fingerprint density at radius 1 is 1.20 bits per heavy atom. The third kappa shape index (κ3) is 2.94. The van der Waals surface area contributed by atoms with Gasteiger partial charge in [-0.1, -0.05) is 6.07 Å². The monoisotopic (exact) mass is 360 g/mol. The van der Waals surface area contributed by atoms with Crippen molar-refractivity contribution >= 4 is 21.1 Å². The normalized spacial score (nSPS) is 18.9. The topological polar surface area (TPSA) is 63.4 Å². The number of benzene rings is 2. The van der Waals surface area contributed by atoms with E-state index in [1.165, 1.54) is 16.4 Å². The molecular formula is C18H17FN2O3S. The first-order chi connectivity index (χ1) is 11.9. The van der Waals surface area contributed by atoms with E-state index in [4.69, 9.17) is 4.42 Å². The summed E-state index contributed by atoms with van der Waals surface area (Å²) >= 11 is 0. The molecule has 1 aliphatic heterocycles. The van der Waals surface area contributed by atoms with Crippen LogP contribution < -0.4 is 0 Å². The molecule has 2 aromatic carbocycles. The van der Waals surface area contributed by atoms with Gasteiger partial charge in [0.15, 0.2) is 11.5 Å². The Labute approximate surface area is 145 Å². The number of oxazole rings is 1. The minimum atomic E-state index is -3.64. The van der Waals surface area contributed by atoms with E-state index in [9.17, 15) is 12.8 Å². The SMILES string of the molecule is Cc1ccc2oc([C@H]3CCN(S(=O)(=O)c4ccc(F)cc4)C3)nc2c1. The van der Waals surface area contributed by atoms with Crippen LogP contribution in [0.5, 0.6) is 0 Å². The van der Waals surface area contributed by atoms with Gasteiger partial charge in [-0.3, -0.25) is 0 Å². The van der Waals surface area contributed by atoms with E-state index in [0.717, 1.165) is 23.2 Å². The van der Waals surface area contributed by atoms with Crippen molar-refractivity contribution in [3.8, 4) is 0 Å². The van der Waals surface area contributed by atoms with Gasteiger partial charge in [0.05, 0.1) is 10.8 Å². The van der Waals surface area contributed by atoms with E-state index in [1.807, 2.05) is 25.1 Å². The molecule has 1 aromatic heterocycles. The van der Waals surface area contributed by atoms with E-state index in [-0.39, 0.29) is 10.8 Å². The van der Waals surface area contributed by atoms with E-state index >= 15 is 0 Å². The van der Waals surface area contributed by atoms with Crippen LogP contribution >= 0.6 is 0 Å². The van der Waals surface area contributed by atoms with Crippen molar-refractivity contribution in [3.05, 3.63) is 59.7 Å². The minimum absolute atomic E-state index is 0.0806. The number of hydrogen-bond donors (Lipinski definition) is 0. The fraction of sp³-hybridized carbons (Fsp3) is 0.278. The number of halogens is 1. The first-order valence-corrected chi connectivity index (χ1v) is 9.50. The average molecular weight is 360 g/mol. The molecular weight excluding hydrogens is 343 g/mol. The van der Waals surface area contributed by atoms with Gasteiger partial charge >= 0.3 is 0 Å². The molecule has 25 heavy (non-hydrogen) atoms. The molecule has 0 radical (unpaired) electrons. The molecule has 1 atom stereocenters. The van der Waals surface area contributed by atoms with Gasteiger partial charge in [0.1, 0.15) is 11.3 Å². The van der Waals surface area contributed by atoms with Crippen molar-refractivity contribution in [2.45, 2.75) is 24.2 Å². The Morgan fingerprint density at radius 3 is 2.72 bits per heavy atom. The largest absolute Gasteiger partial charge is 0.440 e. The Hall–Kier alpha value is -2.25. The summed E-state index contributed by atoms with van der Waals surface area (Å²) in [5.74, 6) is 0.0281. The highest BCUT2D eigenvalue weighted by molar-refractivity contribution is 7.89. The molecule has 3 aromatic rings. The Morgan fingerprint density at radius 2 is 1.96 bits per heavy atom. The highest BCUT2D eigenvalue weighted by Crippen LogP contribution is 2.32. The van der Waals surface area contributed by atoms with Gasteiger partial charge in [-0.05, 0) is 55.3 Å². The van der Waals surface area contributed by atoms with Crippen molar-refractivity contribution in [1.82, 2.24) is 9.29 Å². The number of nitrogens with zero attached hydrogens (tertiary/aromatic N) is 2. The van der Waals surface area contributed by atoms with Crippen LogP contribution in [0.25, 0.3) is 11.1 Å². The van der Waals surface area contributed by atoms with Crippen molar-refractivity contribution in [1.29, 1.82) is 0 Å². The maximum atomic E-state index is 13.0. The van der Waals surface area contributed by atoms with Crippen LogP contribution in [0.2, 0.25) is 0 Å². The Kier molecular flexibility index (Phi) is 3.85. The summed E-state index contributed by atoms with van der Waals surface area (Å²) in [6.45, 7) is 2.69. The van der Waals surface area contributed by atoms with Gasteiger partial charge in [-0.2, -0.15) is 4.31 Å². The first-order valence-electron chi connectivity index (χ1n) is 8.06. The van der Waals surface area contributed by atoms with E-state index in [1.54, 1.807) is 0 Å². The number of hydrogen-bond acceptors (Lipinski definition) is 4. The van der Waals surface area contributed by atoms with Crippen molar-refractivity contribution in [2.75, 3.05) is 13.1 Å². The fourth-order valence-electron chi connectivity index (χ4n) is 3.13. The van der Waals surface area contributed by atoms with E-state index in [0.29, 0.717) is 31.0 Å². The average Bonchev–Trinajstić information content (AvgIpc) is 3.21. The molecule has 130 valence electrons. The lowest BCUT2D eigenvalue weighted by Crippen LogP contribution is -2.28. The van der Waals surface area contributed by atoms with Crippen molar-refractivity contribution in [2.24, 2.45) is 0 Å². The minimum Gasteiger partial charge on any atom is -0.440 e. The summed E-state index contributed by atoms with van der Waals surface area (Å²) in [6, 6.07) is 10.7. The molecule has 0 spiro atoms. The van der Waals surface area contributed by atoms with Crippen LogP contribution in [0.1, 0.15) is 23.8 Å². The maximum Gasteiger partial charge on any atom is 0.243 e. The zero-order valence-corrected chi connectivity index (χ0v) is 14.5. The standard InChI is InChI=1S/C18H17FN2O3S/c1-12-2-7-17-16(10-12)20-18(24-17)13-8-9-21(11-13)25(22,23)15-5-3-14(19)4-6-15/h2-7,10,13H,8-9,11H2,1H3/t13-/m0/s1. The van der Waals surface area contributed by atoms with Crippen LogP contribution in [0.4, 0.5) is 4.39 Å². The van der Waals surface area contributed by atoms with Gasteiger partial charge in [-0.15, -0.1) is 0 Å². The highest BCUT2D eigenvalue weighted by Gasteiger charge is 2.35. The zero-order valence-electron chi connectivity index (χ0n) is 13.6. The second kappa shape index (κ2) is 5.93. The van der Waals surface area contributed by atoms with Crippen LogP contribution in [0.3, 0.4) is 0 Å². The third-order valence-electron chi connectivity index (χ3n) is 4.51. The maximum absolute atomic E-state index is 13.0. The molecule has 0 amide bonds. The quantitative estimate of drug-likeness (QED) is 0.718. The molecule has 0 bridgehead atoms. The molecule has 2 heterocycles. The van der Waals surface area contributed by atoms with Crippen molar-refractivity contribution < 1.29 is 17.2 Å². The van der Waals surface area contributed by atoms with Crippen molar-refractivity contribution in [3.63, 3.8) is 0 Å². The molecule has 0 unspecified atom stereocenters. The number of aromatic nitrogens is 1. The Balaban J connectivity index is 1.58. The second-order valence-corrected chi connectivity index (χ2v) is 8.26. The second-order valence-electron chi connectivity index (χ2n) is 6.33. The lowest BCUT2D eigenvalue weighted by atomic mass is 10.1. The summed E-state index contributed by atoms with van der Waals surface area (Å²) in [5, 5.41) is 0. The number of fused-ring (bicyclic) bond motifs is 1. The predicted molar refractivity (Wildman–Crippen MR) is 91.3 cm³/mol. The molecule has 1 aliphatic rings. The Bertz CT molecular complexity index is 1030. The first kappa shape index (κ1) is 16.2. The van der Waals surface area contributed by atoms with Crippen LogP contribution in [-0.4, -0.2) is 30.8 Å². The molecule has 1 saturated heterocycles. The lowest BCUT2D eigenvalue weighted by molar-refractivity contribution is 0.448. The summed E-state index contributed by atoms with van der Waals surface area (Å²) < 4.78 is 45.6. The number of aryl methyl sites for hydroxylation is 1. The molecule has 7 heteroatoms. The molecule has 4 rings (SSSR count). The number of sulfonamides is 1. The van der Waals surface area contributed by atoms with Gasteiger partial charge < -0.3 is 4.42 Å². The van der Waals surface area contributed by atoms with Gasteiger partial charge in [-0.25, -0.2) is 17.8 Å². The summed E-state index contributed by atoms with van der Waals surface area (Å²) in [5.41, 5.74) is 2.59. The zero-order chi connectivity index (χ0) is 17.6. The van der Waals surface area contributed by atoms with Crippen LogP contribution in [-0.2, 0) is 10.0 Å². The van der Waals surface area contributed by atoms with E-state index in [2.05, 4.69) is 4.98 Å². The predicted octanol–water partition coefficient (Wildman–Crippen LogP) is 3.45. The summed E-state index contributed by atoms with van der Waals surface area (Å²) in [7, 11) is -3.64. The summed E-state index contributed by atoms with van der Waals surface area (Å²) in [4.78, 5) is 4.62. The van der Waals surface area contributed by atoms with Crippen LogP contribution in [0.15, 0.2) is 51.8 Å². The fourth-order valence-corrected chi connectivity index (χ4v) is 4.63. The molecule has 0 saturated carbocycles. The third-order valence-corrected chi connectivity index (χ3v) is 6.39. The lowest BCUT2D eigenvalue weighted by Gasteiger charge is -2.16. The smallest absolute Gasteiger partial charge is 0.243 e. The molecule has 1 fully saturated rings.